The summed E-state index contributed by atoms with van der Waals surface area (Å²) in [5.41, 5.74) is 0. The lowest BCUT2D eigenvalue weighted by atomic mass is 10.3. The lowest BCUT2D eigenvalue weighted by Gasteiger charge is -1.98. The van der Waals surface area contributed by atoms with Gasteiger partial charge in [-0.1, -0.05) is 6.92 Å². The minimum atomic E-state index is 0.211. The minimum absolute atomic E-state index is 0.211. The first-order valence-corrected chi connectivity index (χ1v) is 3.07. The highest BCUT2D eigenvalue weighted by atomic mass is 32.1. The van der Waals surface area contributed by atoms with E-state index >= 15 is 0 Å². The Bertz CT molecular complexity index is 103. The van der Waals surface area contributed by atoms with E-state index in [1.54, 1.807) is 0 Å². The van der Waals surface area contributed by atoms with E-state index in [1.165, 1.54) is 0 Å². The Morgan fingerprint density at radius 3 is 2.88 bits per heavy atom. The van der Waals surface area contributed by atoms with Crippen molar-refractivity contribution in [2.24, 2.45) is 0 Å². The second kappa shape index (κ2) is 2.31. The molecule has 1 rings (SSSR count). The van der Waals surface area contributed by atoms with E-state index in [0.717, 1.165) is 6.42 Å². The highest BCUT2D eigenvalue weighted by Gasteiger charge is 2.18. The van der Waals surface area contributed by atoms with Crippen LogP contribution < -0.4 is 0 Å². The summed E-state index contributed by atoms with van der Waals surface area (Å²) >= 11 is 4.62. The maximum absolute atomic E-state index is 5.02. The number of thiocarbonyl (C=S) groups is 1. The van der Waals surface area contributed by atoms with Gasteiger partial charge in [0.1, 0.15) is 12.7 Å². The molecule has 1 saturated heterocycles. The van der Waals surface area contributed by atoms with Crippen LogP contribution in [-0.4, -0.2) is 17.9 Å². The van der Waals surface area contributed by atoms with Crippen molar-refractivity contribution in [3.63, 3.8) is 0 Å². The predicted octanol–water partition coefficient (Wildman–Crippen LogP) is 1.10. The van der Waals surface area contributed by atoms with E-state index in [-0.39, 0.29) is 6.10 Å². The monoisotopic (exact) mass is 132 g/mol. The molecule has 0 spiro atoms. The van der Waals surface area contributed by atoms with E-state index in [1.807, 2.05) is 6.92 Å². The zero-order valence-corrected chi connectivity index (χ0v) is 5.53. The lowest BCUT2D eigenvalue weighted by molar-refractivity contribution is 0.225. The van der Waals surface area contributed by atoms with Crippen LogP contribution in [-0.2, 0) is 9.47 Å². The second-order valence-corrected chi connectivity index (χ2v) is 2.04. The Morgan fingerprint density at radius 2 is 2.62 bits per heavy atom. The van der Waals surface area contributed by atoms with Crippen LogP contribution in [0.3, 0.4) is 0 Å². The molecular formula is C5H8O2S. The van der Waals surface area contributed by atoms with Crippen molar-refractivity contribution in [2.75, 3.05) is 6.61 Å². The van der Waals surface area contributed by atoms with Gasteiger partial charge in [0, 0.05) is 12.2 Å². The molecule has 1 atom stereocenters. The Labute approximate surface area is 53.8 Å². The molecule has 1 aliphatic heterocycles. The van der Waals surface area contributed by atoms with Crippen LogP contribution >= 0.6 is 12.2 Å². The first-order chi connectivity index (χ1) is 3.83. The van der Waals surface area contributed by atoms with Gasteiger partial charge in [-0.05, 0) is 6.42 Å². The van der Waals surface area contributed by atoms with Crippen LogP contribution in [0.2, 0.25) is 0 Å². The fraction of sp³-hybridized carbons (Fsp3) is 0.800. The summed E-state index contributed by atoms with van der Waals surface area (Å²) in [4.78, 5) is 0. The SMILES string of the molecule is CCC1COC(=S)O1. The predicted molar refractivity (Wildman–Crippen MR) is 33.7 cm³/mol. The van der Waals surface area contributed by atoms with Crippen LogP contribution in [0.4, 0.5) is 0 Å². The van der Waals surface area contributed by atoms with Crippen molar-refractivity contribution in [3.05, 3.63) is 0 Å². The van der Waals surface area contributed by atoms with Gasteiger partial charge in [0.2, 0.25) is 0 Å². The molecule has 0 aliphatic carbocycles. The van der Waals surface area contributed by atoms with E-state index < -0.39 is 0 Å². The molecule has 0 aromatic rings. The van der Waals surface area contributed by atoms with Gasteiger partial charge in [-0.2, -0.15) is 0 Å². The molecule has 8 heavy (non-hydrogen) atoms. The fourth-order valence-corrected chi connectivity index (χ4v) is 0.770. The van der Waals surface area contributed by atoms with Crippen LogP contribution in [0.25, 0.3) is 0 Å². The molecule has 0 radical (unpaired) electrons. The van der Waals surface area contributed by atoms with E-state index in [9.17, 15) is 0 Å². The number of hydrogen-bond donors (Lipinski definition) is 0. The Balaban J connectivity index is 2.32. The molecule has 1 aliphatic rings. The van der Waals surface area contributed by atoms with E-state index in [0.29, 0.717) is 11.8 Å². The topological polar surface area (TPSA) is 18.5 Å². The minimum Gasteiger partial charge on any atom is -0.453 e. The molecular weight excluding hydrogens is 124 g/mol. The van der Waals surface area contributed by atoms with Gasteiger partial charge in [-0.15, -0.1) is 0 Å². The third kappa shape index (κ3) is 1.10. The second-order valence-electron chi connectivity index (χ2n) is 1.71. The highest BCUT2D eigenvalue weighted by molar-refractivity contribution is 7.79. The third-order valence-corrected chi connectivity index (χ3v) is 1.32. The van der Waals surface area contributed by atoms with Crippen molar-refractivity contribution in [2.45, 2.75) is 19.4 Å². The molecule has 0 N–H and O–H groups in total. The Hall–Kier alpha value is -0.310. The van der Waals surface area contributed by atoms with Gasteiger partial charge in [0.25, 0.3) is 0 Å². The largest absolute Gasteiger partial charge is 0.453 e. The molecule has 0 aromatic heterocycles. The molecule has 3 heteroatoms. The van der Waals surface area contributed by atoms with Crippen molar-refractivity contribution < 1.29 is 9.47 Å². The molecule has 0 aromatic carbocycles. The summed E-state index contributed by atoms with van der Waals surface area (Å²) < 4.78 is 9.89. The highest BCUT2D eigenvalue weighted by Crippen LogP contribution is 2.08. The quantitative estimate of drug-likeness (QED) is 0.498. The first kappa shape index (κ1) is 5.82. The number of hydrogen-bond acceptors (Lipinski definition) is 3. The smallest absolute Gasteiger partial charge is 0.352 e. The van der Waals surface area contributed by atoms with Gasteiger partial charge in [-0.3, -0.25) is 0 Å². The maximum Gasteiger partial charge on any atom is 0.352 e. The molecule has 0 saturated carbocycles. The Kier molecular flexibility index (Phi) is 1.68. The third-order valence-electron chi connectivity index (χ3n) is 1.11. The summed E-state index contributed by atoms with van der Waals surface area (Å²) in [6, 6.07) is 0. The van der Waals surface area contributed by atoms with Crippen LogP contribution in [0.5, 0.6) is 0 Å². The maximum atomic E-state index is 5.02. The first-order valence-electron chi connectivity index (χ1n) is 2.66. The van der Waals surface area contributed by atoms with Crippen molar-refractivity contribution >= 4 is 17.5 Å². The standard InChI is InChI=1S/C5H8O2S/c1-2-4-3-6-5(8)7-4/h4H,2-3H2,1H3. The zero-order chi connectivity index (χ0) is 5.98. The molecule has 0 amide bonds. The molecule has 1 unspecified atom stereocenters. The zero-order valence-electron chi connectivity index (χ0n) is 4.72. The summed E-state index contributed by atoms with van der Waals surface area (Å²) in [7, 11) is 0. The van der Waals surface area contributed by atoms with Gasteiger partial charge in [0.15, 0.2) is 0 Å². The normalized spacial score (nSPS) is 27.1. The lowest BCUT2D eigenvalue weighted by Crippen LogP contribution is -2.06. The molecule has 1 fully saturated rings. The average Bonchev–Trinajstić information content (AvgIpc) is 2.14. The fourth-order valence-electron chi connectivity index (χ4n) is 0.566. The summed E-state index contributed by atoms with van der Waals surface area (Å²) in [5, 5.41) is 0.303. The van der Waals surface area contributed by atoms with Gasteiger partial charge >= 0.3 is 5.24 Å². The number of ether oxygens (including phenoxy) is 2. The number of rotatable bonds is 1. The Morgan fingerprint density at radius 1 is 1.88 bits per heavy atom. The summed E-state index contributed by atoms with van der Waals surface area (Å²) in [5.74, 6) is 0. The van der Waals surface area contributed by atoms with E-state index in [4.69, 9.17) is 9.47 Å². The summed E-state index contributed by atoms with van der Waals surface area (Å²) in [6.07, 6.45) is 1.18. The van der Waals surface area contributed by atoms with Gasteiger partial charge in [0.05, 0.1) is 0 Å². The van der Waals surface area contributed by atoms with Crippen LogP contribution in [0.1, 0.15) is 13.3 Å². The van der Waals surface area contributed by atoms with Crippen LogP contribution in [0.15, 0.2) is 0 Å². The molecule has 0 bridgehead atoms. The van der Waals surface area contributed by atoms with Crippen molar-refractivity contribution in [1.29, 1.82) is 0 Å². The van der Waals surface area contributed by atoms with Crippen molar-refractivity contribution in [3.8, 4) is 0 Å². The summed E-state index contributed by atoms with van der Waals surface area (Å²) in [6.45, 7) is 2.68. The average molecular weight is 132 g/mol. The van der Waals surface area contributed by atoms with Gasteiger partial charge in [-0.25, -0.2) is 0 Å². The molecule has 2 nitrogen and oxygen atoms in total. The molecule has 1 heterocycles. The van der Waals surface area contributed by atoms with Gasteiger partial charge < -0.3 is 9.47 Å². The molecule has 46 valence electrons. The van der Waals surface area contributed by atoms with Crippen molar-refractivity contribution in [1.82, 2.24) is 0 Å². The van der Waals surface area contributed by atoms with Crippen LogP contribution in [0, 0.1) is 0 Å². The van der Waals surface area contributed by atoms with E-state index in [2.05, 4.69) is 12.2 Å².